The van der Waals surface area contributed by atoms with E-state index in [0.29, 0.717) is 18.7 Å². The molecular weight excluding hydrogens is 294 g/mol. The van der Waals surface area contributed by atoms with Gasteiger partial charge in [0.05, 0.1) is 0 Å². The van der Waals surface area contributed by atoms with Crippen LogP contribution in [0, 0.1) is 20.8 Å². The summed E-state index contributed by atoms with van der Waals surface area (Å²) in [7, 11) is 1.97. The van der Waals surface area contributed by atoms with Crippen molar-refractivity contribution in [1.29, 1.82) is 0 Å². The number of hydrogen-bond donors (Lipinski definition) is 0. The molecule has 0 amide bonds. The Bertz CT molecular complexity index is 911. The second kappa shape index (κ2) is 5.96. The second-order valence-electron chi connectivity index (χ2n) is 5.99. The van der Waals surface area contributed by atoms with E-state index in [4.69, 9.17) is 9.05 Å². The molecule has 3 rings (SSSR count). The average Bonchev–Trinajstić information content (AvgIpc) is 2.86. The van der Waals surface area contributed by atoms with Gasteiger partial charge in [-0.2, -0.15) is 0 Å². The Labute approximate surface area is 133 Å². The maximum atomic E-state index is 11.8. The van der Waals surface area contributed by atoms with Gasteiger partial charge in [0.25, 0.3) is 0 Å². The molecule has 3 aromatic rings. The van der Waals surface area contributed by atoms with E-state index in [2.05, 4.69) is 28.2 Å². The minimum atomic E-state index is -0.330. The van der Waals surface area contributed by atoms with E-state index in [-0.39, 0.29) is 5.63 Å². The number of aromatic nitrogens is 2. The van der Waals surface area contributed by atoms with E-state index >= 15 is 0 Å². The lowest BCUT2D eigenvalue weighted by Crippen LogP contribution is -2.19. The fraction of sp³-hybridized carbons (Fsp3) is 0.353. The molecule has 120 valence electrons. The molecule has 6 heteroatoms. The van der Waals surface area contributed by atoms with Crippen LogP contribution >= 0.6 is 0 Å². The normalized spacial score (nSPS) is 11.5. The maximum absolute atomic E-state index is 11.8. The third-order valence-electron chi connectivity index (χ3n) is 4.05. The molecule has 6 nitrogen and oxygen atoms in total. The van der Waals surface area contributed by atoms with E-state index in [1.54, 1.807) is 6.07 Å². The zero-order chi connectivity index (χ0) is 16.6. The van der Waals surface area contributed by atoms with Crippen molar-refractivity contribution in [2.24, 2.45) is 0 Å². The summed E-state index contributed by atoms with van der Waals surface area (Å²) < 4.78 is 10.1. The summed E-state index contributed by atoms with van der Waals surface area (Å²) >= 11 is 0. The predicted molar refractivity (Wildman–Crippen MR) is 86.2 cm³/mol. The molecule has 1 aromatic carbocycles. The van der Waals surface area contributed by atoms with Gasteiger partial charge in [-0.1, -0.05) is 10.3 Å². The van der Waals surface area contributed by atoms with Gasteiger partial charge in [-0.3, -0.25) is 4.90 Å². The predicted octanol–water partition coefficient (Wildman–Crippen LogP) is 2.73. The largest absolute Gasteiger partial charge is 0.423 e. The first-order chi connectivity index (χ1) is 10.9. The first-order valence-corrected chi connectivity index (χ1v) is 7.44. The highest BCUT2D eigenvalue weighted by Gasteiger charge is 2.13. The van der Waals surface area contributed by atoms with Crippen molar-refractivity contribution in [3.05, 3.63) is 56.7 Å². The van der Waals surface area contributed by atoms with Gasteiger partial charge >= 0.3 is 5.63 Å². The van der Waals surface area contributed by atoms with Crippen molar-refractivity contribution in [3.63, 3.8) is 0 Å². The number of fused-ring (bicyclic) bond motifs is 1. The quantitative estimate of drug-likeness (QED) is 0.690. The molecule has 0 aliphatic heterocycles. The molecule has 0 bridgehead atoms. The van der Waals surface area contributed by atoms with Gasteiger partial charge in [0.15, 0.2) is 0 Å². The number of benzene rings is 1. The molecule has 0 atom stereocenters. The minimum Gasteiger partial charge on any atom is -0.423 e. The van der Waals surface area contributed by atoms with Crippen LogP contribution in [0.3, 0.4) is 0 Å². The molecular formula is C17H19N3O3. The molecule has 0 unspecified atom stereocenters. The van der Waals surface area contributed by atoms with E-state index < -0.39 is 0 Å². The van der Waals surface area contributed by atoms with Gasteiger partial charge in [-0.25, -0.2) is 9.42 Å². The molecule has 0 aliphatic carbocycles. The van der Waals surface area contributed by atoms with Crippen LogP contribution in [0.25, 0.3) is 11.0 Å². The van der Waals surface area contributed by atoms with Gasteiger partial charge in [0.2, 0.25) is 0 Å². The number of rotatable bonds is 4. The monoisotopic (exact) mass is 313 g/mol. The number of hydrogen-bond acceptors (Lipinski definition) is 6. The molecule has 0 aliphatic rings. The van der Waals surface area contributed by atoms with Gasteiger partial charge in [-0.15, -0.1) is 0 Å². The molecule has 23 heavy (non-hydrogen) atoms. The van der Waals surface area contributed by atoms with Crippen molar-refractivity contribution in [3.8, 4) is 0 Å². The molecule has 0 saturated carbocycles. The zero-order valence-corrected chi connectivity index (χ0v) is 13.7. The Morgan fingerprint density at radius 1 is 1.04 bits per heavy atom. The van der Waals surface area contributed by atoms with Gasteiger partial charge in [0.1, 0.15) is 17.0 Å². The average molecular weight is 313 g/mol. The summed E-state index contributed by atoms with van der Waals surface area (Å²) in [5.41, 5.74) is 5.09. The molecule has 0 fully saturated rings. The van der Waals surface area contributed by atoms with Crippen molar-refractivity contribution in [1.82, 2.24) is 15.2 Å². The summed E-state index contributed by atoms with van der Waals surface area (Å²) in [6.07, 6.45) is 0. The Balaban J connectivity index is 1.94. The van der Waals surface area contributed by atoms with E-state index in [0.717, 1.165) is 27.9 Å². The first-order valence-electron chi connectivity index (χ1n) is 7.44. The highest BCUT2D eigenvalue weighted by molar-refractivity contribution is 5.81. The van der Waals surface area contributed by atoms with Crippen LogP contribution in [0.2, 0.25) is 0 Å². The number of aryl methyl sites for hydroxylation is 3. The van der Waals surface area contributed by atoms with Crippen LogP contribution in [0.15, 0.2) is 32.0 Å². The Kier molecular flexibility index (Phi) is 4.00. The van der Waals surface area contributed by atoms with Crippen molar-refractivity contribution in [2.45, 2.75) is 33.9 Å². The van der Waals surface area contributed by atoms with Crippen molar-refractivity contribution >= 4 is 11.0 Å². The summed E-state index contributed by atoms with van der Waals surface area (Å²) in [5.74, 6) is 0. The standard InChI is InChI=1S/C17H19N3O3/c1-10-5-14-13(7-17(21)22-16(14)6-11(10)2)8-20(4)9-15-12(3)18-23-19-15/h5-7H,8-9H2,1-4H3. The number of nitrogens with zero attached hydrogens (tertiary/aromatic N) is 3. The molecule has 0 N–H and O–H groups in total. The first kappa shape index (κ1) is 15.4. The van der Waals surface area contributed by atoms with E-state index in [1.165, 1.54) is 5.56 Å². The zero-order valence-electron chi connectivity index (χ0n) is 13.7. The highest BCUT2D eigenvalue weighted by Crippen LogP contribution is 2.22. The highest BCUT2D eigenvalue weighted by atomic mass is 16.6. The molecule has 0 spiro atoms. The van der Waals surface area contributed by atoms with Crippen molar-refractivity contribution in [2.75, 3.05) is 7.05 Å². The lowest BCUT2D eigenvalue weighted by molar-refractivity contribution is 0.279. The van der Waals surface area contributed by atoms with E-state index in [9.17, 15) is 4.79 Å². The lowest BCUT2D eigenvalue weighted by atomic mass is 10.0. The lowest BCUT2D eigenvalue weighted by Gasteiger charge is -2.16. The van der Waals surface area contributed by atoms with Crippen molar-refractivity contribution < 1.29 is 9.05 Å². The summed E-state index contributed by atoms with van der Waals surface area (Å²) in [6, 6.07) is 5.54. The third-order valence-corrected chi connectivity index (χ3v) is 4.05. The smallest absolute Gasteiger partial charge is 0.336 e. The third kappa shape index (κ3) is 3.17. The van der Waals surface area contributed by atoms with Crippen LogP contribution in [0.5, 0.6) is 0 Å². The Morgan fingerprint density at radius 3 is 2.48 bits per heavy atom. The summed E-state index contributed by atoms with van der Waals surface area (Å²) in [6.45, 7) is 7.13. The van der Waals surface area contributed by atoms with Gasteiger partial charge in [0, 0.05) is 24.5 Å². The van der Waals surface area contributed by atoms with Crippen LogP contribution in [0.4, 0.5) is 0 Å². The van der Waals surface area contributed by atoms with E-state index in [1.807, 2.05) is 27.0 Å². The second-order valence-corrected chi connectivity index (χ2v) is 5.99. The topological polar surface area (TPSA) is 72.4 Å². The van der Waals surface area contributed by atoms with Crippen LogP contribution in [-0.4, -0.2) is 22.3 Å². The summed E-state index contributed by atoms with van der Waals surface area (Å²) in [5, 5.41) is 8.65. The summed E-state index contributed by atoms with van der Waals surface area (Å²) in [4.78, 5) is 13.9. The van der Waals surface area contributed by atoms with Crippen LogP contribution in [-0.2, 0) is 13.1 Å². The minimum absolute atomic E-state index is 0.330. The molecule has 2 heterocycles. The SMILES string of the molecule is Cc1cc2oc(=O)cc(CN(C)Cc3nonc3C)c2cc1C. The van der Waals surface area contributed by atoms with Gasteiger partial charge in [-0.05, 0) is 56.6 Å². The molecule has 0 saturated heterocycles. The van der Waals surface area contributed by atoms with Crippen LogP contribution < -0.4 is 5.63 Å². The Morgan fingerprint density at radius 2 is 1.78 bits per heavy atom. The fourth-order valence-electron chi connectivity index (χ4n) is 2.61. The van der Waals surface area contributed by atoms with Crippen LogP contribution in [0.1, 0.15) is 28.1 Å². The van der Waals surface area contributed by atoms with Gasteiger partial charge < -0.3 is 4.42 Å². The molecule has 2 aromatic heterocycles. The Hall–Kier alpha value is -2.47. The molecule has 0 radical (unpaired) electrons. The maximum Gasteiger partial charge on any atom is 0.336 e. The fourth-order valence-corrected chi connectivity index (χ4v) is 2.61.